The molecule has 3 aromatic heterocycles. The summed E-state index contributed by atoms with van der Waals surface area (Å²) in [6.07, 6.45) is 3.11. The average molecular weight is 408 g/mol. The maximum absolute atomic E-state index is 14.4. The summed E-state index contributed by atoms with van der Waals surface area (Å²) in [5.74, 6) is 2.13. The van der Waals surface area contributed by atoms with E-state index in [-0.39, 0.29) is 11.9 Å². The lowest BCUT2D eigenvalue weighted by molar-refractivity contribution is 0.561. The van der Waals surface area contributed by atoms with Crippen LogP contribution in [-0.4, -0.2) is 40.0 Å². The molecule has 4 rings (SSSR count). The highest BCUT2D eigenvalue weighted by atomic mass is 19.1. The summed E-state index contributed by atoms with van der Waals surface area (Å²) in [6, 6.07) is 10.8. The van der Waals surface area contributed by atoms with E-state index in [0.29, 0.717) is 23.8 Å². The van der Waals surface area contributed by atoms with Gasteiger partial charge in [-0.05, 0) is 41.5 Å². The van der Waals surface area contributed by atoms with Crippen LogP contribution in [0.15, 0.2) is 36.4 Å². The van der Waals surface area contributed by atoms with Gasteiger partial charge in [0.05, 0.1) is 12.2 Å². The topological polar surface area (TPSA) is 90.1 Å². The molecule has 1 N–H and O–H groups in total. The van der Waals surface area contributed by atoms with Crippen LogP contribution in [0, 0.1) is 5.95 Å². The van der Waals surface area contributed by atoms with Crippen molar-refractivity contribution in [3.63, 3.8) is 0 Å². The number of tetrazole rings is 1. The van der Waals surface area contributed by atoms with Crippen LogP contribution in [0.1, 0.15) is 56.7 Å². The van der Waals surface area contributed by atoms with Crippen molar-refractivity contribution in [1.82, 2.24) is 40.0 Å². The number of nitrogens with one attached hydrogen (secondary N) is 1. The number of hydrogen-bond acceptors (Lipinski definition) is 5. The summed E-state index contributed by atoms with van der Waals surface area (Å²) in [5, 5.41) is 18.6. The molecular weight excluding hydrogens is 383 g/mol. The van der Waals surface area contributed by atoms with Crippen LogP contribution in [0.4, 0.5) is 4.39 Å². The molecule has 4 aromatic rings. The highest BCUT2D eigenvalue weighted by molar-refractivity contribution is 5.55. The number of hydrogen-bond donors (Lipinski definition) is 1. The third kappa shape index (κ3) is 4.00. The minimum absolute atomic E-state index is 0.286. The number of aromatic amines is 1. The van der Waals surface area contributed by atoms with Crippen molar-refractivity contribution in [3.8, 4) is 17.2 Å². The zero-order valence-corrected chi connectivity index (χ0v) is 17.4. The fourth-order valence-electron chi connectivity index (χ4n) is 3.33. The van der Waals surface area contributed by atoms with Crippen LogP contribution in [0.2, 0.25) is 0 Å². The summed E-state index contributed by atoms with van der Waals surface area (Å²) < 4.78 is 17.9. The van der Waals surface area contributed by atoms with Crippen LogP contribution in [-0.2, 0) is 13.0 Å². The lowest BCUT2D eigenvalue weighted by atomic mass is 10.2. The number of benzene rings is 1. The molecule has 0 bridgehead atoms. The normalized spacial score (nSPS) is 11.5. The molecule has 0 spiro atoms. The van der Waals surface area contributed by atoms with E-state index >= 15 is 0 Å². The quantitative estimate of drug-likeness (QED) is 0.477. The van der Waals surface area contributed by atoms with Crippen molar-refractivity contribution in [3.05, 3.63) is 59.6 Å². The predicted molar refractivity (Wildman–Crippen MR) is 111 cm³/mol. The van der Waals surface area contributed by atoms with E-state index in [2.05, 4.69) is 41.4 Å². The minimum atomic E-state index is -0.387. The molecule has 1 aromatic carbocycles. The Kier molecular flexibility index (Phi) is 5.69. The van der Waals surface area contributed by atoms with E-state index in [1.165, 1.54) is 10.6 Å². The Morgan fingerprint density at radius 2 is 1.90 bits per heavy atom. The predicted octanol–water partition coefficient (Wildman–Crippen LogP) is 3.90. The maximum Gasteiger partial charge on any atom is 0.221 e. The van der Waals surface area contributed by atoms with Crippen LogP contribution in [0.5, 0.6) is 0 Å². The van der Waals surface area contributed by atoms with Gasteiger partial charge in [-0.3, -0.25) is 4.57 Å². The zero-order chi connectivity index (χ0) is 21.1. The Bertz CT molecular complexity index is 1090. The van der Waals surface area contributed by atoms with Crippen molar-refractivity contribution in [2.24, 2.45) is 0 Å². The molecule has 0 unspecified atom stereocenters. The molecule has 9 heteroatoms. The van der Waals surface area contributed by atoms with Gasteiger partial charge in [-0.2, -0.15) is 14.7 Å². The second kappa shape index (κ2) is 8.56. The first kappa shape index (κ1) is 19.9. The van der Waals surface area contributed by atoms with Crippen molar-refractivity contribution in [2.75, 3.05) is 0 Å². The van der Waals surface area contributed by atoms with E-state index in [4.69, 9.17) is 10.1 Å². The molecule has 156 valence electrons. The summed E-state index contributed by atoms with van der Waals surface area (Å²) in [5.41, 5.74) is 2.30. The number of H-pyrrole nitrogens is 1. The van der Waals surface area contributed by atoms with Gasteiger partial charge in [0.25, 0.3) is 0 Å². The maximum atomic E-state index is 14.4. The smallest absolute Gasteiger partial charge is 0.221 e. The zero-order valence-electron chi connectivity index (χ0n) is 17.4. The summed E-state index contributed by atoms with van der Waals surface area (Å²) in [4.78, 5) is 4.73. The monoisotopic (exact) mass is 408 g/mol. The molecule has 8 nitrogen and oxygen atoms in total. The Morgan fingerprint density at radius 1 is 1.10 bits per heavy atom. The fraction of sp³-hybridized carbons (Fsp3) is 0.381. The highest BCUT2D eigenvalue weighted by Gasteiger charge is 2.16. The molecule has 0 aliphatic rings. The first-order valence-electron chi connectivity index (χ1n) is 10.2. The summed E-state index contributed by atoms with van der Waals surface area (Å²) in [7, 11) is 0. The van der Waals surface area contributed by atoms with Crippen molar-refractivity contribution in [1.29, 1.82) is 0 Å². The lowest BCUT2D eigenvalue weighted by Crippen LogP contribution is -2.08. The lowest BCUT2D eigenvalue weighted by Gasteiger charge is -2.10. The van der Waals surface area contributed by atoms with E-state index in [1.807, 2.05) is 28.9 Å². The van der Waals surface area contributed by atoms with Crippen LogP contribution >= 0.6 is 0 Å². The average Bonchev–Trinajstić information content (AvgIpc) is 3.47. The Morgan fingerprint density at radius 3 is 2.57 bits per heavy atom. The largest absolute Gasteiger partial charge is 0.283 e. The van der Waals surface area contributed by atoms with Gasteiger partial charge in [-0.25, -0.2) is 9.67 Å². The van der Waals surface area contributed by atoms with Gasteiger partial charge in [-0.1, -0.05) is 39.3 Å². The number of nitrogens with zero attached hydrogens (tertiary/aromatic N) is 7. The van der Waals surface area contributed by atoms with Gasteiger partial charge in [0, 0.05) is 18.0 Å². The number of aryl methyl sites for hydroxylation is 1. The van der Waals surface area contributed by atoms with Crippen LogP contribution in [0.25, 0.3) is 17.2 Å². The van der Waals surface area contributed by atoms with Crippen LogP contribution < -0.4 is 0 Å². The van der Waals surface area contributed by atoms with E-state index in [0.717, 1.165) is 36.5 Å². The number of halogens is 1. The first-order valence-corrected chi connectivity index (χ1v) is 10.2. The standard InChI is InChI=1S/C21H25FN8/c1-4-5-6-19-23-20(14(2)3)26-29(19)13-15-7-9-16(10-8-15)30-17(11-12-18(30)22)21-24-27-28-25-21/h7-12,14H,4-6,13H2,1-3H3,(H,24,25,27,28). The number of unbranched alkanes of at least 4 members (excludes halogenated alkanes) is 1. The molecule has 0 fully saturated rings. The fourth-order valence-corrected chi connectivity index (χ4v) is 3.33. The van der Waals surface area contributed by atoms with E-state index in [1.54, 1.807) is 6.07 Å². The number of aromatic nitrogens is 8. The third-order valence-electron chi connectivity index (χ3n) is 4.97. The Hall–Kier alpha value is -3.36. The first-order chi connectivity index (χ1) is 14.6. The van der Waals surface area contributed by atoms with Gasteiger partial charge in [-0.15, -0.1) is 10.2 Å². The molecule has 0 aliphatic carbocycles. The minimum Gasteiger partial charge on any atom is -0.283 e. The number of rotatable bonds is 8. The Balaban J connectivity index is 1.59. The third-order valence-corrected chi connectivity index (χ3v) is 4.97. The molecule has 0 saturated carbocycles. The van der Waals surface area contributed by atoms with Gasteiger partial charge in [0.1, 0.15) is 5.82 Å². The van der Waals surface area contributed by atoms with Gasteiger partial charge >= 0.3 is 0 Å². The second-order valence-electron chi connectivity index (χ2n) is 7.58. The molecule has 0 aliphatic heterocycles. The molecule has 0 atom stereocenters. The van der Waals surface area contributed by atoms with E-state index in [9.17, 15) is 4.39 Å². The van der Waals surface area contributed by atoms with Gasteiger partial charge in [0.15, 0.2) is 11.8 Å². The van der Waals surface area contributed by atoms with Gasteiger partial charge < -0.3 is 0 Å². The highest BCUT2D eigenvalue weighted by Crippen LogP contribution is 2.23. The van der Waals surface area contributed by atoms with Crippen molar-refractivity contribution >= 4 is 0 Å². The molecule has 0 amide bonds. The molecular formula is C21H25FN8. The molecule has 0 saturated heterocycles. The summed E-state index contributed by atoms with van der Waals surface area (Å²) in [6.45, 7) is 7.01. The molecule has 3 heterocycles. The van der Waals surface area contributed by atoms with Gasteiger partial charge in [0.2, 0.25) is 5.82 Å². The SMILES string of the molecule is CCCCc1nc(C(C)C)nn1Cc1ccc(-n2c(F)ccc2-c2nn[nH]n2)cc1. The van der Waals surface area contributed by atoms with Crippen LogP contribution in [0.3, 0.4) is 0 Å². The molecule has 30 heavy (non-hydrogen) atoms. The Labute approximate surface area is 174 Å². The second-order valence-corrected chi connectivity index (χ2v) is 7.58. The van der Waals surface area contributed by atoms with Crippen molar-refractivity contribution < 1.29 is 4.39 Å². The van der Waals surface area contributed by atoms with E-state index < -0.39 is 0 Å². The van der Waals surface area contributed by atoms with Crippen molar-refractivity contribution in [2.45, 2.75) is 52.5 Å². The molecule has 0 radical (unpaired) electrons. The summed E-state index contributed by atoms with van der Waals surface area (Å²) >= 11 is 0.